The summed E-state index contributed by atoms with van der Waals surface area (Å²) in [6, 6.07) is 5.95. The molecule has 1 heterocycles. The van der Waals surface area contributed by atoms with Gasteiger partial charge in [0.25, 0.3) is 0 Å². The van der Waals surface area contributed by atoms with Crippen molar-refractivity contribution in [2.24, 2.45) is 0 Å². The Kier molecular flexibility index (Phi) is 5.26. The number of halogens is 1. The molecule has 0 fully saturated rings. The molecule has 0 aliphatic carbocycles. The molecule has 0 radical (unpaired) electrons. The first-order chi connectivity index (χ1) is 9.67. The van der Waals surface area contributed by atoms with E-state index in [1.165, 1.54) is 0 Å². The average Bonchev–Trinajstić information content (AvgIpc) is 2.78. The van der Waals surface area contributed by atoms with Gasteiger partial charge >= 0.3 is 0 Å². The van der Waals surface area contributed by atoms with Gasteiger partial charge in [0.15, 0.2) is 0 Å². The lowest BCUT2D eigenvalue weighted by molar-refractivity contribution is 0.0729. The standard InChI is InChI=1S/C15H21ClN2O2/c1-4-19-13-7-5-6-12-15(13)17-14(10-16)18(12)8-9-20-11(2)3/h5-7,11H,4,8-10H2,1-3H3. The van der Waals surface area contributed by atoms with E-state index in [4.69, 9.17) is 21.1 Å². The van der Waals surface area contributed by atoms with Gasteiger partial charge in [-0.1, -0.05) is 6.07 Å². The quantitative estimate of drug-likeness (QED) is 0.733. The second kappa shape index (κ2) is 6.95. The Hall–Kier alpha value is -1.26. The van der Waals surface area contributed by atoms with Gasteiger partial charge in [0, 0.05) is 6.54 Å². The zero-order valence-electron chi connectivity index (χ0n) is 12.2. The highest BCUT2D eigenvalue weighted by atomic mass is 35.5. The number of rotatable bonds is 7. The first-order valence-corrected chi connectivity index (χ1v) is 7.49. The van der Waals surface area contributed by atoms with Crippen molar-refractivity contribution in [1.29, 1.82) is 0 Å². The number of alkyl halides is 1. The number of ether oxygens (including phenoxy) is 2. The highest BCUT2D eigenvalue weighted by Crippen LogP contribution is 2.26. The summed E-state index contributed by atoms with van der Waals surface area (Å²) in [5.41, 5.74) is 1.91. The Balaban J connectivity index is 2.34. The van der Waals surface area contributed by atoms with Gasteiger partial charge in [-0.05, 0) is 32.9 Å². The number of benzene rings is 1. The summed E-state index contributed by atoms with van der Waals surface area (Å²) in [6.45, 7) is 8.04. The van der Waals surface area contributed by atoms with Crippen LogP contribution >= 0.6 is 11.6 Å². The lowest BCUT2D eigenvalue weighted by atomic mass is 10.3. The van der Waals surface area contributed by atoms with Gasteiger partial charge in [0.2, 0.25) is 0 Å². The minimum atomic E-state index is 0.225. The van der Waals surface area contributed by atoms with Crippen LogP contribution in [0.5, 0.6) is 5.75 Å². The zero-order valence-corrected chi connectivity index (χ0v) is 13.0. The largest absolute Gasteiger partial charge is 0.492 e. The van der Waals surface area contributed by atoms with E-state index in [0.717, 1.165) is 29.2 Å². The smallest absolute Gasteiger partial charge is 0.147 e. The third-order valence-corrected chi connectivity index (χ3v) is 3.25. The fraction of sp³-hybridized carbons (Fsp3) is 0.533. The summed E-state index contributed by atoms with van der Waals surface area (Å²) in [5.74, 6) is 2.03. The Morgan fingerprint density at radius 1 is 1.35 bits per heavy atom. The Morgan fingerprint density at radius 3 is 2.80 bits per heavy atom. The minimum Gasteiger partial charge on any atom is -0.492 e. The first-order valence-electron chi connectivity index (χ1n) is 6.95. The van der Waals surface area contributed by atoms with Gasteiger partial charge in [-0.25, -0.2) is 4.98 Å². The van der Waals surface area contributed by atoms with E-state index in [1.807, 2.05) is 39.0 Å². The van der Waals surface area contributed by atoms with Crippen LogP contribution in [0.15, 0.2) is 18.2 Å². The molecule has 0 N–H and O–H groups in total. The summed E-state index contributed by atoms with van der Waals surface area (Å²) < 4.78 is 13.3. The second-order valence-corrected chi connectivity index (χ2v) is 5.06. The molecule has 0 unspecified atom stereocenters. The topological polar surface area (TPSA) is 36.3 Å². The SMILES string of the molecule is CCOc1cccc2c1nc(CCl)n2CCOC(C)C. The molecule has 0 bridgehead atoms. The molecule has 0 amide bonds. The van der Waals surface area contributed by atoms with Gasteiger partial charge in [-0.2, -0.15) is 0 Å². The van der Waals surface area contributed by atoms with Crippen LogP contribution < -0.4 is 4.74 Å². The molecule has 5 heteroatoms. The van der Waals surface area contributed by atoms with Crippen LogP contribution in [0.4, 0.5) is 0 Å². The summed E-state index contributed by atoms with van der Waals surface area (Å²) in [5, 5.41) is 0. The summed E-state index contributed by atoms with van der Waals surface area (Å²) in [7, 11) is 0. The third kappa shape index (κ3) is 3.25. The molecular weight excluding hydrogens is 276 g/mol. The Bertz CT molecular complexity index is 566. The van der Waals surface area contributed by atoms with E-state index >= 15 is 0 Å². The summed E-state index contributed by atoms with van der Waals surface area (Å²) in [6.07, 6.45) is 0.225. The van der Waals surface area contributed by atoms with E-state index < -0.39 is 0 Å². The van der Waals surface area contributed by atoms with E-state index in [0.29, 0.717) is 19.1 Å². The molecule has 0 saturated heterocycles. The van der Waals surface area contributed by atoms with Crippen molar-refractivity contribution in [3.8, 4) is 5.75 Å². The van der Waals surface area contributed by atoms with Crippen LogP contribution in [0.3, 0.4) is 0 Å². The van der Waals surface area contributed by atoms with E-state index in [1.54, 1.807) is 0 Å². The van der Waals surface area contributed by atoms with Crippen LogP contribution in [-0.2, 0) is 17.2 Å². The number of aromatic nitrogens is 2. The molecular formula is C15H21ClN2O2. The maximum absolute atomic E-state index is 6.01. The van der Waals surface area contributed by atoms with E-state index in [9.17, 15) is 0 Å². The van der Waals surface area contributed by atoms with Crippen LogP contribution in [0.1, 0.15) is 26.6 Å². The highest BCUT2D eigenvalue weighted by molar-refractivity contribution is 6.16. The van der Waals surface area contributed by atoms with E-state index in [-0.39, 0.29) is 6.10 Å². The molecule has 0 aliphatic rings. The van der Waals surface area contributed by atoms with Gasteiger partial charge in [0.05, 0.1) is 30.7 Å². The predicted molar refractivity (Wildman–Crippen MR) is 81.5 cm³/mol. The monoisotopic (exact) mass is 296 g/mol. The molecule has 1 aromatic carbocycles. The van der Waals surface area contributed by atoms with Crippen molar-refractivity contribution in [2.75, 3.05) is 13.2 Å². The summed E-state index contributed by atoms with van der Waals surface area (Å²) in [4.78, 5) is 4.60. The van der Waals surface area contributed by atoms with Crippen molar-refractivity contribution >= 4 is 22.6 Å². The molecule has 2 aromatic rings. The maximum atomic E-state index is 6.01. The highest BCUT2D eigenvalue weighted by Gasteiger charge is 2.13. The number of nitrogens with zero attached hydrogens (tertiary/aromatic N) is 2. The molecule has 0 saturated carbocycles. The van der Waals surface area contributed by atoms with Crippen LogP contribution in [0.25, 0.3) is 11.0 Å². The average molecular weight is 297 g/mol. The normalized spacial score (nSPS) is 11.4. The van der Waals surface area contributed by atoms with Crippen molar-refractivity contribution in [3.05, 3.63) is 24.0 Å². The fourth-order valence-corrected chi connectivity index (χ4v) is 2.38. The number of para-hydroxylation sites is 1. The Labute approximate surface area is 124 Å². The number of hydrogen-bond acceptors (Lipinski definition) is 3. The predicted octanol–water partition coefficient (Wildman–Crippen LogP) is 3.60. The lowest BCUT2D eigenvalue weighted by Crippen LogP contribution is -2.12. The number of hydrogen-bond donors (Lipinski definition) is 0. The molecule has 4 nitrogen and oxygen atoms in total. The Morgan fingerprint density at radius 2 is 2.15 bits per heavy atom. The van der Waals surface area contributed by atoms with Crippen molar-refractivity contribution in [1.82, 2.24) is 9.55 Å². The third-order valence-electron chi connectivity index (χ3n) is 3.01. The van der Waals surface area contributed by atoms with Gasteiger partial charge < -0.3 is 14.0 Å². The molecule has 0 spiro atoms. The molecule has 0 aliphatic heterocycles. The van der Waals surface area contributed by atoms with Crippen LogP contribution in [0, 0.1) is 0 Å². The minimum absolute atomic E-state index is 0.225. The molecule has 0 atom stereocenters. The van der Waals surface area contributed by atoms with Crippen molar-refractivity contribution < 1.29 is 9.47 Å². The zero-order chi connectivity index (χ0) is 14.5. The van der Waals surface area contributed by atoms with Crippen molar-refractivity contribution in [2.45, 2.75) is 39.3 Å². The van der Waals surface area contributed by atoms with Gasteiger partial charge in [0.1, 0.15) is 17.1 Å². The molecule has 2 rings (SSSR count). The number of fused-ring (bicyclic) bond motifs is 1. The second-order valence-electron chi connectivity index (χ2n) is 4.79. The van der Waals surface area contributed by atoms with Gasteiger partial charge in [-0.3, -0.25) is 0 Å². The molecule has 110 valence electrons. The maximum Gasteiger partial charge on any atom is 0.147 e. The molecule has 20 heavy (non-hydrogen) atoms. The number of imidazole rings is 1. The summed E-state index contributed by atoms with van der Waals surface area (Å²) >= 11 is 6.01. The first kappa shape index (κ1) is 15.1. The van der Waals surface area contributed by atoms with Crippen LogP contribution in [0.2, 0.25) is 0 Å². The fourth-order valence-electron chi connectivity index (χ4n) is 2.17. The van der Waals surface area contributed by atoms with Gasteiger partial charge in [-0.15, -0.1) is 11.6 Å². The van der Waals surface area contributed by atoms with Crippen LogP contribution in [-0.4, -0.2) is 28.9 Å². The van der Waals surface area contributed by atoms with Crippen molar-refractivity contribution in [3.63, 3.8) is 0 Å². The molecule has 1 aromatic heterocycles. The lowest BCUT2D eigenvalue weighted by Gasteiger charge is -2.11. The van der Waals surface area contributed by atoms with E-state index in [2.05, 4.69) is 9.55 Å².